The lowest BCUT2D eigenvalue weighted by molar-refractivity contribution is 0.602. The number of hydrogen-bond donors (Lipinski definition) is 1. The molecule has 0 aliphatic heterocycles. The van der Waals surface area contributed by atoms with Crippen LogP contribution in [0.3, 0.4) is 0 Å². The molecule has 20 heavy (non-hydrogen) atoms. The standard InChI is InChI=1S/C15H16FNO2S/c1-11-6-7-12(8-15(11)16)10-17-13-4-3-5-14(9-13)20(2,18)19/h3-9,17H,10H2,1-2H3. The molecule has 2 aromatic carbocycles. The van der Waals surface area contributed by atoms with Gasteiger partial charge >= 0.3 is 0 Å². The minimum Gasteiger partial charge on any atom is -0.381 e. The summed E-state index contributed by atoms with van der Waals surface area (Å²) in [6.45, 7) is 2.15. The second kappa shape index (κ2) is 5.63. The summed E-state index contributed by atoms with van der Waals surface area (Å²) in [6, 6.07) is 11.6. The van der Waals surface area contributed by atoms with E-state index in [1.807, 2.05) is 6.07 Å². The van der Waals surface area contributed by atoms with Crippen molar-refractivity contribution >= 4 is 15.5 Å². The minimum atomic E-state index is -3.22. The molecular formula is C15H16FNO2S. The number of sulfone groups is 1. The lowest BCUT2D eigenvalue weighted by Crippen LogP contribution is -2.02. The van der Waals surface area contributed by atoms with E-state index >= 15 is 0 Å². The fourth-order valence-electron chi connectivity index (χ4n) is 1.79. The van der Waals surface area contributed by atoms with Crippen LogP contribution in [0.5, 0.6) is 0 Å². The lowest BCUT2D eigenvalue weighted by atomic mass is 10.1. The Kier molecular flexibility index (Phi) is 4.09. The smallest absolute Gasteiger partial charge is 0.175 e. The van der Waals surface area contributed by atoms with Crippen LogP contribution in [0.25, 0.3) is 0 Å². The Labute approximate surface area is 118 Å². The predicted octanol–water partition coefficient (Wildman–Crippen LogP) is 3.15. The minimum absolute atomic E-state index is 0.241. The molecule has 2 rings (SSSR count). The third-order valence-electron chi connectivity index (χ3n) is 3.00. The predicted molar refractivity (Wildman–Crippen MR) is 78.0 cm³/mol. The fraction of sp³-hybridized carbons (Fsp3) is 0.200. The van der Waals surface area contributed by atoms with E-state index < -0.39 is 9.84 Å². The van der Waals surface area contributed by atoms with E-state index in [1.165, 1.54) is 12.3 Å². The normalized spacial score (nSPS) is 11.3. The topological polar surface area (TPSA) is 46.2 Å². The van der Waals surface area contributed by atoms with Crippen LogP contribution in [-0.2, 0) is 16.4 Å². The van der Waals surface area contributed by atoms with Crippen LogP contribution in [0.15, 0.2) is 47.4 Å². The average molecular weight is 293 g/mol. The molecule has 0 atom stereocenters. The summed E-state index contributed by atoms with van der Waals surface area (Å²) in [5.74, 6) is -0.241. The highest BCUT2D eigenvalue weighted by atomic mass is 32.2. The second-order valence-electron chi connectivity index (χ2n) is 4.74. The van der Waals surface area contributed by atoms with Crippen LogP contribution in [0.1, 0.15) is 11.1 Å². The third kappa shape index (κ3) is 3.57. The van der Waals surface area contributed by atoms with Gasteiger partial charge < -0.3 is 5.32 Å². The summed E-state index contributed by atoms with van der Waals surface area (Å²) in [7, 11) is -3.22. The Morgan fingerprint density at radius 3 is 2.55 bits per heavy atom. The van der Waals surface area contributed by atoms with Crippen molar-refractivity contribution in [2.75, 3.05) is 11.6 Å². The maximum Gasteiger partial charge on any atom is 0.175 e. The first-order chi connectivity index (χ1) is 9.36. The van der Waals surface area contributed by atoms with Gasteiger partial charge in [0.05, 0.1) is 4.90 Å². The second-order valence-corrected chi connectivity index (χ2v) is 6.75. The zero-order valence-corrected chi connectivity index (χ0v) is 12.2. The number of halogens is 1. The first-order valence-electron chi connectivity index (χ1n) is 6.15. The molecule has 0 aliphatic carbocycles. The molecule has 106 valence electrons. The highest BCUT2D eigenvalue weighted by Gasteiger charge is 2.07. The van der Waals surface area contributed by atoms with E-state index in [-0.39, 0.29) is 10.7 Å². The molecule has 0 radical (unpaired) electrons. The van der Waals surface area contributed by atoms with Gasteiger partial charge in [-0.25, -0.2) is 12.8 Å². The van der Waals surface area contributed by atoms with E-state index in [4.69, 9.17) is 0 Å². The first-order valence-corrected chi connectivity index (χ1v) is 8.04. The van der Waals surface area contributed by atoms with Gasteiger partial charge in [-0.15, -0.1) is 0 Å². The maximum absolute atomic E-state index is 13.4. The van der Waals surface area contributed by atoms with Gasteiger partial charge in [0.15, 0.2) is 9.84 Å². The van der Waals surface area contributed by atoms with Gasteiger partial charge in [-0.2, -0.15) is 0 Å². The Morgan fingerprint density at radius 2 is 1.90 bits per heavy atom. The number of nitrogens with one attached hydrogen (secondary N) is 1. The van der Waals surface area contributed by atoms with Crippen LogP contribution in [-0.4, -0.2) is 14.7 Å². The van der Waals surface area contributed by atoms with Gasteiger partial charge in [-0.1, -0.05) is 18.2 Å². The summed E-state index contributed by atoms with van der Waals surface area (Å²) < 4.78 is 36.3. The molecule has 0 fully saturated rings. The van der Waals surface area contributed by atoms with E-state index in [9.17, 15) is 12.8 Å². The third-order valence-corrected chi connectivity index (χ3v) is 4.11. The highest BCUT2D eigenvalue weighted by Crippen LogP contribution is 2.17. The largest absolute Gasteiger partial charge is 0.381 e. The van der Waals surface area contributed by atoms with E-state index in [1.54, 1.807) is 37.3 Å². The molecule has 0 spiro atoms. The summed E-state index contributed by atoms with van der Waals surface area (Å²) in [5.41, 5.74) is 2.10. The highest BCUT2D eigenvalue weighted by molar-refractivity contribution is 7.90. The number of benzene rings is 2. The SMILES string of the molecule is Cc1ccc(CNc2cccc(S(C)(=O)=O)c2)cc1F. The van der Waals surface area contributed by atoms with E-state index in [0.29, 0.717) is 17.8 Å². The van der Waals surface area contributed by atoms with Gasteiger partial charge in [0.1, 0.15) is 5.82 Å². The Hall–Kier alpha value is -1.88. The first kappa shape index (κ1) is 14.5. The number of hydrogen-bond acceptors (Lipinski definition) is 3. The molecule has 0 aliphatic rings. The van der Waals surface area contributed by atoms with E-state index in [0.717, 1.165) is 5.56 Å². The molecule has 5 heteroatoms. The Morgan fingerprint density at radius 1 is 1.15 bits per heavy atom. The van der Waals surface area contributed by atoms with Gasteiger partial charge in [0, 0.05) is 18.5 Å². The van der Waals surface area contributed by atoms with Crippen molar-refractivity contribution in [3.63, 3.8) is 0 Å². The van der Waals surface area contributed by atoms with Crippen LogP contribution in [0.4, 0.5) is 10.1 Å². The molecule has 0 unspecified atom stereocenters. The molecule has 0 heterocycles. The van der Waals surface area contributed by atoms with Gasteiger partial charge in [0.25, 0.3) is 0 Å². The van der Waals surface area contributed by atoms with Gasteiger partial charge in [-0.3, -0.25) is 0 Å². The van der Waals surface area contributed by atoms with Crippen molar-refractivity contribution < 1.29 is 12.8 Å². The molecule has 2 aromatic rings. The summed E-state index contributed by atoms with van der Waals surface area (Å²) in [6.07, 6.45) is 1.17. The summed E-state index contributed by atoms with van der Waals surface area (Å²) >= 11 is 0. The van der Waals surface area contributed by atoms with Crippen LogP contribution < -0.4 is 5.32 Å². The number of rotatable bonds is 4. The zero-order valence-electron chi connectivity index (χ0n) is 11.4. The Balaban J connectivity index is 2.13. The molecule has 3 nitrogen and oxygen atoms in total. The van der Waals surface area contributed by atoms with Crippen molar-refractivity contribution in [2.45, 2.75) is 18.4 Å². The summed E-state index contributed by atoms with van der Waals surface area (Å²) in [5, 5.41) is 3.09. The molecular weight excluding hydrogens is 277 g/mol. The van der Waals surface area contributed by atoms with Crippen LogP contribution >= 0.6 is 0 Å². The van der Waals surface area contributed by atoms with Crippen LogP contribution in [0.2, 0.25) is 0 Å². The van der Waals surface area contributed by atoms with Crippen molar-refractivity contribution in [1.82, 2.24) is 0 Å². The van der Waals surface area contributed by atoms with Gasteiger partial charge in [-0.05, 0) is 42.3 Å². The quantitative estimate of drug-likeness (QED) is 0.942. The molecule has 0 amide bonds. The molecule has 0 saturated carbocycles. The fourth-order valence-corrected chi connectivity index (χ4v) is 2.45. The van der Waals surface area contributed by atoms with Crippen molar-refractivity contribution in [3.8, 4) is 0 Å². The number of anilines is 1. The van der Waals surface area contributed by atoms with Crippen LogP contribution in [0, 0.1) is 12.7 Å². The van der Waals surface area contributed by atoms with E-state index in [2.05, 4.69) is 5.32 Å². The zero-order chi connectivity index (χ0) is 14.8. The molecule has 0 saturated heterocycles. The monoisotopic (exact) mass is 293 g/mol. The maximum atomic E-state index is 13.4. The molecule has 0 aromatic heterocycles. The lowest BCUT2D eigenvalue weighted by Gasteiger charge is -2.08. The van der Waals surface area contributed by atoms with Gasteiger partial charge in [0.2, 0.25) is 0 Å². The van der Waals surface area contributed by atoms with Crippen molar-refractivity contribution in [1.29, 1.82) is 0 Å². The summed E-state index contributed by atoms with van der Waals surface area (Å²) in [4.78, 5) is 0.262. The van der Waals surface area contributed by atoms with Crippen molar-refractivity contribution in [3.05, 3.63) is 59.4 Å². The number of aryl methyl sites for hydroxylation is 1. The average Bonchev–Trinajstić information content (AvgIpc) is 2.39. The molecule has 1 N–H and O–H groups in total. The Bertz CT molecular complexity index is 726. The van der Waals surface area contributed by atoms with Crippen molar-refractivity contribution in [2.24, 2.45) is 0 Å². The molecule has 0 bridgehead atoms.